The first-order valence-corrected chi connectivity index (χ1v) is 5.88. The summed E-state index contributed by atoms with van der Waals surface area (Å²) in [5.41, 5.74) is 0.991. The third-order valence-corrected chi connectivity index (χ3v) is 3.60. The van der Waals surface area contributed by atoms with E-state index in [1.54, 1.807) is 30.4 Å². The van der Waals surface area contributed by atoms with Crippen molar-refractivity contribution < 1.29 is 15.0 Å². The summed E-state index contributed by atoms with van der Waals surface area (Å²) >= 11 is 1.57. The molecule has 0 amide bonds. The Bertz CT molecular complexity index is 530. The predicted molar refractivity (Wildman–Crippen MR) is 64.0 cm³/mol. The predicted octanol–water partition coefficient (Wildman–Crippen LogP) is 2.87. The third kappa shape index (κ3) is 2.02. The van der Waals surface area contributed by atoms with E-state index in [0.717, 1.165) is 15.6 Å². The lowest BCUT2D eigenvalue weighted by Crippen LogP contribution is -2.11. The van der Waals surface area contributed by atoms with E-state index >= 15 is 0 Å². The van der Waals surface area contributed by atoms with Crippen LogP contribution in [0.3, 0.4) is 0 Å². The molecular weight excluding hydrogens is 224 g/mol. The molecule has 84 valence electrons. The number of benzene rings is 1. The van der Waals surface area contributed by atoms with E-state index < -0.39 is 11.9 Å². The van der Waals surface area contributed by atoms with Crippen LogP contribution in [-0.4, -0.2) is 16.2 Å². The van der Waals surface area contributed by atoms with E-state index in [0.29, 0.717) is 6.42 Å². The summed E-state index contributed by atoms with van der Waals surface area (Å²) in [6.07, 6.45) is 0.499. The maximum atomic E-state index is 10.8. The number of aliphatic carboxylic acids is 1. The number of thiophene rings is 1. The second-order valence-electron chi connectivity index (χ2n) is 3.88. The lowest BCUT2D eigenvalue weighted by atomic mass is 10.0. The van der Waals surface area contributed by atoms with E-state index in [-0.39, 0.29) is 5.75 Å². The fourth-order valence-corrected chi connectivity index (χ4v) is 2.60. The van der Waals surface area contributed by atoms with Gasteiger partial charge in [-0.05, 0) is 40.9 Å². The molecule has 1 atom stereocenters. The van der Waals surface area contributed by atoms with Crippen LogP contribution in [0, 0.1) is 5.92 Å². The van der Waals surface area contributed by atoms with E-state index in [2.05, 4.69) is 0 Å². The number of fused-ring (bicyclic) bond motifs is 1. The van der Waals surface area contributed by atoms with Crippen LogP contribution in [-0.2, 0) is 11.2 Å². The number of hydrogen-bond acceptors (Lipinski definition) is 3. The SMILES string of the molecule is CC(Cc1csc2ccc(O)cc12)C(=O)O. The molecule has 2 aromatic rings. The summed E-state index contributed by atoms with van der Waals surface area (Å²) in [7, 11) is 0. The number of aromatic hydroxyl groups is 1. The number of hydrogen-bond donors (Lipinski definition) is 2. The van der Waals surface area contributed by atoms with Crippen LogP contribution in [0.1, 0.15) is 12.5 Å². The molecule has 1 heterocycles. The van der Waals surface area contributed by atoms with Crippen molar-refractivity contribution in [3.8, 4) is 5.75 Å². The number of phenolic OH excluding ortho intramolecular Hbond substituents is 1. The quantitative estimate of drug-likeness (QED) is 0.861. The van der Waals surface area contributed by atoms with E-state index in [1.165, 1.54) is 0 Å². The molecule has 0 fully saturated rings. The maximum Gasteiger partial charge on any atom is 0.306 e. The molecule has 0 bridgehead atoms. The van der Waals surface area contributed by atoms with Crippen molar-refractivity contribution in [1.29, 1.82) is 0 Å². The van der Waals surface area contributed by atoms with E-state index in [1.807, 2.05) is 11.4 Å². The molecule has 0 aliphatic rings. The van der Waals surface area contributed by atoms with Gasteiger partial charge >= 0.3 is 5.97 Å². The minimum absolute atomic E-state index is 0.218. The molecule has 16 heavy (non-hydrogen) atoms. The second-order valence-corrected chi connectivity index (χ2v) is 4.80. The Morgan fingerprint density at radius 3 is 2.94 bits per heavy atom. The lowest BCUT2D eigenvalue weighted by Gasteiger charge is -2.04. The smallest absolute Gasteiger partial charge is 0.306 e. The normalized spacial score (nSPS) is 12.8. The highest BCUT2D eigenvalue weighted by atomic mass is 32.1. The average molecular weight is 236 g/mol. The van der Waals surface area contributed by atoms with Crippen molar-refractivity contribution in [3.05, 3.63) is 29.1 Å². The van der Waals surface area contributed by atoms with Crippen molar-refractivity contribution >= 4 is 27.4 Å². The van der Waals surface area contributed by atoms with Crippen molar-refractivity contribution in [2.75, 3.05) is 0 Å². The number of rotatable bonds is 3. The molecule has 2 N–H and O–H groups in total. The van der Waals surface area contributed by atoms with Gasteiger partial charge in [-0.15, -0.1) is 11.3 Å². The Hall–Kier alpha value is -1.55. The van der Waals surface area contributed by atoms with Gasteiger partial charge in [0.25, 0.3) is 0 Å². The highest BCUT2D eigenvalue weighted by Gasteiger charge is 2.14. The van der Waals surface area contributed by atoms with Gasteiger partial charge in [-0.25, -0.2) is 0 Å². The lowest BCUT2D eigenvalue weighted by molar-refractivity contribution is -0.141. The van der Waals surface area contributed by atoms with Crippen LogP contribution in [0.15, 0.2) is 23.6 Å². The molecule has 0 saturated heterocycles. The monoisotopic (exact) mass is 236 g/mol. The number of phenols is 1. The Balaban J connectivity index is 2.37. The van der Waals surface area contributed by atoms with Crippen molar-refractivity contribution in [2.24, 2.45) is 5.92 Å². The van der Waals surface area contributed by atoms with Gasteiger partial charge in [0.05, 0.1) is 5.92 Å². The highest BCUT2D eigenvalue weighted by molar-refractivity contribution is 7.17. The number of carboxylic acids is 1. The second kappa shape index (κ2) is 4.14. The standard InChI is InChI=1S/C12H12O3S/c1-7(12(14)15)4-8-6-16-11-3-2-9(13)5-10(8)11/h2-3,5-7,13H,4H2,1H3,(H,14,15). The first-order valence-electron chi connectivity index (χ1n) is 5.00. The summed E-state index contributed by atoms with van der Waals surface area (Å²) in [5.74, 6) is -0.977. The summed E-state index contributed by atoms with van der Waals surface area (Å²) in [6.45, 7) is 1.69. The zero-order chi connectivity index (χ0) is 11.7. The van der Waals surface area contributed by atoms with Gasteiger partial charge in [-0.2, -0.15) is 0 Å². The fraction of sp³-hybridized carbons (Fsp3) is 0.250. The Kier molecular flexibility index (Phi) is 2.83. The molecular formula is C12H12O3S. The minimum atomic E-state index is -0.792. The molecule has 0 aliphatic heterocycles. The molecule has 3 nitrogen and oxygen atoms in total. The Labute approximate surface area is 97.0 Å². The van der Waals surface area contributed by atoms with Gasteiger partial charge in [0, 0.05) is 4.70 Å². The Morgan fingerprint density at radius 2 is 2.25 bits per heavy atom. The van der Waals surface area contributed by atoms with Crippen LogP contribution in [0.25, 0.3) is 10.1 Å². The van der Waals surface area contributed by atoms with Gasteiger partial charge in [0.1, 0.15) is 5.75 Å². The summed E-state index contributed by atoms with van der Waals surface area (Å²) < 4.78 is 1.07. The van der Waals surface area contributed by atoms with Crippen molar-refractivity contribution in [1.82, 2.24) is 0 Å². The first-order chi connectivity index (χ1) is 7.58. The van der Waals surface area contributed by atoms with Crippen LogP contribution >= 0.6 is 11.3 Å². The van der Waals surface area contributed by atoms with E-state index in [9.17, 15) is 9.90 Å². The number of carboxylic acid groups (broad SMARTS) is 1. The molecule has 2 rings (SSSR count). The van der Waals surface area contributed by atoms with Gasteiger partial charge in [0.2, 0.25) is 0 Å². The topological polar surface area (TPSA) is 57.5 Å². The van der Waals surface area contributed by atoms with Gasteiger partial charge in [0.15, 0.2) is 0 Å². The molecule has 0 radical (unpaired) electrons. The minimum Gasteiger partial charge on any atom is -0.508 e. The maximum absolute atomic E-state index is 10.8. The third-order valence-electron chi connectivity index (χ3n) is 2.58. The summed E-state index contributed by atoms with van der Waals surface area (Å²) in [5, 5.41) is 21.2. The Morgan fingerprint density at radius 1 is 1.50 bits per heavy atom. The van der Waals surface area contributed by atoms with Gasteiger partial charge < -0.3 is 10.2 Å². The molecule has 0 saturated carbocycles. The van der Waals surface area contributed by atoms with Crippen LogP contribution in [0.2, 0.25) is 0 Å². The van der Waals surface area contributed by atoms with Crippen LogP contribution < -0.4 is 0 Å². The molecule has 1 aromatic heterocycles. The van der Waals surface area contributed by atoms with E-state index in [4.69, 9.17) is 5.11 Å². The molecule has 1 unspecified atom stereocenters. The largest absolute Gasteiger partial charge is 0.508 e. The van der Waals surface area contributed by atoms with Crippen molar-refractivity contribution in [3.63, 3.8) is 0 Å². The summed E-state index contributed by atoms with van der Waals surface area (Å²) in [4.78, 5) is 10.8. The first kappa shape index (κ1) is 11.0. The zero-order valence-corrected chi connectivity index (χ0v) is 9.62. The van der Waals surface area contributed by atoms with Gasteiger partial charge in [-0.1, -0.05) is 6.92 Å². The molecule has 0 aliphatic carbocycles. The van der Waals surface area contributed by atoms with Crippen molar-refractivity contribution in [2.45, 2.75) is 13.3 Å². The average Bonchev–Trinajstić information content (AvgIpc) is 2.61. The van der Waals surface area contributed by atoms with Crippen LogP contribution in [0.5, 0.6) is 5.75 Å². The number of carbonyl (C=O) groups is 1. The fourth-order valence-electron chi connectivity index (χ4n) is 1.65. The van der Waals surface area contributed by atoms with Crippen LogP contribution in [0.4, 0.5) is 0 Å². The summed E-state index contributed by atoms with van der Waals surface area (Å²) in [6, 6.07) is 5.18. The van der Waals surface area contributed by atoms with Gasteiger partial charge in [-0.3, -0.25) is 4.79 Å². The molecule has 0 spiro atoms. The molecule has 4 heteroatoms. The zero-order valence-electron chi connectivity index (χ0n) is 8.80. The highest BCUT2D eigenvalue weighted by Crippen LogP contribution is 2.30. The molecule has 1 aromatic carbocycles.